The first-order valence-corrected chi connectivity index (χ1v) is 6.09. The minimum Gasteiger partial charge on any atom is -0.316 e. The van der Waals surface area contributed by atoms with Gasteiger partial charge < -0.3 is 5.32 Å². The van der Waals surface area contributed by atoms with Crippen LogP contribution in [0.4, 0.5) is 10.1 Å². The summed E-state index contributed by atoms with van der Waals surface area (Å²) in [5.41, 5.74) is 0.812. The quantitative estimate of drug-likeness (QED) is 0.889. The molecule has 0 unspecified atom stereocenters. The van der Waals surface area contributed by atoms with Crippen molar-refractivity contribution in [2.45, 2.75) is 26.7 Å². The molecule has 2 rings (SSSR count). The van der Waals surface area contributed by atoms with Gasteiger partial charge in [-0.15, -0.1) is 5.10 Å². The van der Waals surface area contributed by atoms with Crippen molar-refractivity contribution in [2.24, 2.45) is 0 Å². The van der Waals surface area contributed by atoms with E-state index in [2.05, 4.69) is 20.5 Å². The SMILES string of the molecule is CCCc1nc(C(=O)Nc2c(C)cccc2F)n[nH]1. The third kappa shape index (κ3) is 2.96. The lowest BCUT2D eigenvalue weighted by Crippen LogP contribution is -2.15. The van der Waals surface area contributed by atoms with Gasteiger partial charge in [-0.2, -0.15) is 0 Å². The summed E-state index contributed by atoms with van der Waals surface area (Å²) in [6.45, 7) is 3.73. The van der Waals surface area contributed by atoms with Gasteiger partial charge in [-0.25, -0.2) is 9.37 Å². The molecule has 0 aliphatic carbocycles. The number of aromatic nitrogens is 3. The molecule has 0 aliphatic heterocycles. The molecule has 0 atom stereocenters. The third-order valence-corrected chi connectivity index (χ3v) is 2.68. The van der Waals surface area contributed by atoms with Gasteiger partial charge >= 0.3 is 0 Å². The molecule has 2 N–H and O–H groups in total. The first kappa shape index (κ1) is 13.2. The van der Waals surface area contributed by atoms with Crippen LogP contribution in [0.2, 0.25) is 0 Å². The molecular weight excluding hydrogens is 247 g/mol. The van der Waals surface area contributed by atoms with E-state index in [1.807, 2.05) is 6.92 Å². The molecule has 2 aromatic rings. The molecule has 0 saturated heterocycles. The van der Waals surface area contributed by atoms with Crippen molar-refractivity contribution in [3.05, 3.63) is 41.2 Å². The fourth-order valence-electron chi connectivity index (χ4n) is 1.71. The van der Waals surface area contributed by atoms with Crippen LogP contribution in [-0.4, -0.2) is 21.1 Å². The molecule has 0 spiro atoms. The fraction of sp³-hybridized carbons (Fsp3) is 0.308. The minimum absolute atomic E-state index is 0.0195. The van der Waals surface area contributed by atoms with Crippen LogP contribution in [-0.2, 0) is 6.42 Å². The second-order valence-electron chi connectivity index (χ2n) is 4.24. The largest absolute Gasteiger partial charge is 0.316 e. The molecule has 1 amide bonds. The van der Waals surface area contributed by atoms with Crippen molar-refractivity contribution in [3.8, 4) is 0 Å². The predicted molar refractivity (Wildman–Crippen MR) is 69.5 cm³/mol. The van der Waals surface area contributed by atoms with Crippen molar-refractivity contribution >= 4 is 11.6 Å². The molecule has 100 valence electrons. The number of halogens is 1. The van der Waals surface area contributed by atoms with Gasteiger partial charge in [0.2, 0.25) is 5.82 Å². The summed E-state index contributed by atoms with van der Waals surface area (Å²) in [6, 6.07) is 4.61. The second kappa shape index (κ2) is 5.60. The van der Waals surface area contributed by atoms with Crippen LogP contribution >= 0.6 is 0 Å². The number of aromatic amines is 1. The molecule has 1 aromatic carbocycles. The number of amides is 1. The van der Waals surface area contributed by atoms with Crippen LogP contribution in [0.1, 0.15) is 35.4 Å². The first-order valence-electron chi connectivity index (χ1n) is 6.09. The summed E-state index contributed by atoms with van der Waals surface area (Å²) in [7, 11) is 0. The van der Waals surface area contributed by atoms with Crippen molar-refractivity contribution in [1.29, 1.82) is 0 Å². The van der Waals surface area contributed by atoms with Gasteiger partial charge in [0.25, 0.3) is 5.91 Å². The molecule has 1 aromatic heterocycles. The van der Waals surface area contributed by atoms with E-state index in [9.17, 15) is 9.18 Å². The second-order valence-corrected chi connectivity index (χ2v) is 4.24. The smallest absolute Gasteiger partial charge is 0.295 e. The lowest BCUT2D eigenvalue weighted by Gasteiger charge is -2.07. The molecule has 0 radical (unpaired) electrons. The van der Waals surface area contributed by atoms with E-state index in [1.54, 1.807) is 19.1 Å². The topological polar surface area (TPSA) is 70.7 Å². The standard InChI is InChI=1S/C13H15FN4O/c1-3-5-10-15-12(18-17-10)13(19)16-11-8(2)6-4-7-9(11)14/h4,6-7H,3,5H2,1-2H3,(H,16,19)(H,15,17,18). The summed E-state index contributed by atoms with van der Waals surface area (Å²) in [5.74, 6) is -0.325. The summed E-state index contributed by atoms with van der Waals surface area (Å²) < 4.78 is 13.6. The molecule has 0 fully saturated rings. The van der Waals surface area contributed by atoms with Gasteiger partial charge in [0.15, 0.2) is 0 Å². The van der Waals surface area contributed by atoms with E-state index in [-0.39, 0.29) is 11.5 Å². The highest BCUT2D eigenvalue weighted by Crippen LogP contribution is 2.19. The average molecular weight is 262 g/mol. The van der Waals surface area contributed by atoms with Crippen molar-refractivity contribution < 1.29 is 9.18 Å². The molecule has 0 aliphatic rings. The number of carbonyl (C=O) groups is 1. The van der Waals surface area contributed by atoms with E-state index in [0.29, 0.717) is 11.4 Å². The van der Waals surface area contributed by atoms with Crippen molar-refractivity contribution in [1.82, 2.24) is 15.2 Å². The van der Waals surface area contributed by atoms with E-state index < -0.39 is 11.7 Å². The van der Waals surface area contributed by atoms with Crippen LogP contribution in [0.25, 0.3) is 0 Å². The van der Waals surface area contributed by atoms with E-state index in [1.165, 1.54) is 6.07 Å². The number of hydrogen-bond acceptors (Lipinski definition) is 3. The summed E-state index contributed by atoms with van der Waals surface area (Å²) in [4.78, 5) is 16.0. The zero-order valence-corrected chi connectivity index (χ0v) is 10.8. The Morgan fingerprint density at radius 2 is 2.26 bits per heavy atom. The third-order valence-electron chi connectivity index (χ3n) is 2.68. The Labute approximate surface area is 110 Å². The number of carbonyl (C=O) groups excluding carboxylic acids is 1. The van der Waals surface area contributed by atoms with Crippen LogP contribution in [0, 0.1) is 12.7 Å². The van der Waals surface area contributed by atoms with Gasteiger partial charge in [0.1, 0.15) is 11.6 Å². The Kier molecular flexibility index (Phi) is 3.89. The lowest BCUT2D eigenvalue weighted by atomic mass is 10.2. The summed E-state index contributed by atoms with van der Waals surface area (Å²) >= 11 is 0. The molecule has 5 nitrogen and oxygen atoms in total. The van der Waals surface area contributed by atoms with Gasteiger partial charge in [-0.1, -0.05) is 19.1 Å². The number of rotatable bonds is 4. The Bertz CT molecular complexity index is 574. The van der Waals surface area contributed by atoms with Gasteiger partial charge in [-0.3, -0.25) is 9.89 Å². The first-order chi connectivity index (χ1) is 9.11. The monoisotopic (exact) mass is 262 g/mol. The van der Waals surface area contributed by atoms with Crippen LogP contribution in [0.15, 0.2) is 18.2 Å². The number of H-pyrrole nitrogens is 1. The van der Waals surface area contributed by atoms with Crippen LogP contribution in [0.5, 0.6) is 0 Å². The molecule has 1 heterocycles. The molecule has 19 heavy (non-hydrogen) atoms. The fourth-order valence-corrected chi connectivity index (χ4v) is 1.71. The van der Waals surface area contributed by atoms with Crippen molar-refractivity contribution in [3.63, 3.8) is 0 Å². The zero-order valence-electron chi connectivity index (χ0n) is 10.8. The van der Waals surface area contributed by atoms with E-state index in [0.717, 1.165) is 12.8 Å². The number of benzene rings is 1. The Balaban J connectivity index is 2.16. The highest BCUT2D eigenvalue weighted by molar-refractivity contribution is 6.02. The van der Waals surface area contributed by atoms with E-state index in [4.69, 9.17) is 0 Å². The van der Waals surface area contributed by atoms with Gasteiger partial charge in [0.05, 0.1) is 5.69 Å². The number of anilines is 1. The number of nitrogens with zero attached hydrogens (tertiary/aromatic N) is 2. The molecule has 0 saturated carbocycles. The average Bonchev–Trinajstić information content (AvgIpc) is 2.83. The highest BCUT2D eigenvalue weighted by Gasteiger charge is 2.15. The molecule has 0 bridgehead atoms. The number of hydrogen-bond donors (Lipinski definition) is 2. The molecular formula is C13H15FN4O. The Morgan fingerprint density at radius 1 is 1.47 bits per heavy atom. The number of aryl methyl sites for hydroxylation is 2. The maximum atomic E-state index is 13.6. The molecule has 6 heteroatoms. The zero-order chi connectivity index (χ0) is 13.8. The van der Waals surface area contributed by atoms with E-state index >= 15 is 0 Å². The number of nitrogens with one attached hydrogen (secondary N) is 2. The lowest BCUT2D eigenvalue weighted by molar-refractivity contribution is 0.101. The predicted octanol–water partition coefficient (Wildman–Crippen LogP) is 2.46. The van der Waals surface area contributed by atoms with Gasteiger partial charge in [-0.05, 0) is 25.0 Å². The van der Waals surface area contributed by atoms with Gasteiger partial charge in [0, 0.05) is 6.42 Å². The Morgan fingerprint density at radius 3 is 2.95 bits per heavy atom. The Hall–Kier alpha value is -2.24. The van der Waals surface area contributed by atoms with Crippen molar-refractivity contribution in [2.75, 3.05) is 5.32 Å². The number of para-hydroxylation sites is 1. The summed E-state index contributed by atoms with van der Waals surface area (Å²) in [5, 5.41) is 9.00. The summed E-state index contributed by atoms with van der Waals surface area (Å²) in [6.07, 6.45) is 1.63. The van der Waals surface area contributed by atoms with Crippen LogP contribution < -0.4 is 5.32 Å². The maximum absolute atomic E-state index is 13.6. The maximum Gasteiger partial charge on any atom is 0.295 e. The highest BCUT2D eigenvalue weighted by atomic mass is 19.1. The van der Waals surface area contributed by atoms with Crippen LogP contribution in [0.3, 0.4) is 0 Å². The normalized spacial score (nSPS) is 10.5. The minimum atomic E-state index is -0.521.